The quantitative estimate of drug-likeness (QED) is 0.525. The minimum absolute atomic E-state index is 0. The molecule has 4 heteroatoms. The standard InChI is InChI=1S/2C12H11.C2H6Si.2ClH.Zr/c2*1-10-7-8-12(9-10)11-5-3-2-4-6-11;1-3-2;;;/h2*2-6,9H,8H2,1H3;1-2H3;2*1H;/q;;;;;+2/p-2. The van der Waals surface area contributed by atoms with Gasteiger partial charge in [0.1, 0.15) is 0 Å². The Morgan fingerprint density at radius 1 is 0.633 bits per heavy atom. The molecule has 30 heavy (non-hydrogen) atoms. The molecule has 0 amide bonds. The summed E-state index contributed by atoms with van der Waals surface area (Å²) in [7, 11) is 0. The second-order valence-corrected chi connectivity index (χ2v) is 25.3. The van der Waals surface area contributed by atoms with Crippen LogP contribution in [0.25, 0.3) is 11.1 Å². The number of hydrogen-bond donors (Lipinski definition) is 0. The molecule has 0 heterocycles. The minimum Gasteiger partial charge on any atom is -1.00 e. The first kappa shape index (κ1) is 25.3. The van der Waals surface area contributed by atoms with E-state index < -0.39 is 20.4 Å². The summed E-state index contributed by atoms with van der Waals surface area (Å²) in [5.41, 5.74) is 8.72. The zero-order valence-corrected chi connectivity index (χ0v) is 23.1. The molecule has 0 saturated heterocycles. The van der Waals surface area contributed by atoms with E-state index in [1.807, 2.05) is 6.56 Å². The van der Waals surface area contributed by atoms with Gasteiger partial charge in [0.15, 0.2) is 0 Å². The van der Waals surface area contributed by atoms with E-state index in [1.165, 1.54) is 35.1 Å². The third-order valence-corrected chi connectivity index (χ3v) is 23.6. The molecule has 0 nitrogen and oxygen atoms in total. The van der Waals surface area contributed by atoms with Gasteiger partial charge >= 0.3 is 178 Å². The summed E-state index contributed by atoms with van der Waals surface area (Å²) in [6.45, 7) is 9.88. The summed E-state index contributed by atoms with van der Waals surface area (Å²) >= 11 is -1.81. The van der Waals surface area contributed by atoms with Crippen LogP contribution in [0, 0.1) is 0 Å². The van der Waals surface area contributed by atoms with Gasteiger partial charge in [-0.1, -0.05) is 0 Å². The maximum absolute atomic E-state index is 2.57. The van der Waals surface area contributed by atoms with Gasteiger partial charge < -0.3 is 24.8 Å². The molecule has 154 valence electrons. The molecular formula is C26H28Cl2SiZr. The van der Waals surface area contributed by atoms with Crippen molar-refractivity contribution < 1.29 is 45.2 Å². The van der Waals surface area contributed by atoms with Crippen molar-refractivity contribution in [2.24, 2.45) is 0 Å². The number of halogens is 2. The first-order valence-corrected chi connectivity index (χ1v) is 18.8. The summed E-state index contributed by atoms with van der Waals surface area (Å²) in [6, 6.07) is 22.0. The molecule has 2 aromatic rings. The molecule has 0 N–H and O–H groups in total. The van der Waals surface area contributed by atoms with Gasteiger partial charge in [0.25, 0.3) is 0 Å². The molecule has 0 bridgehead atoms. The van der Waals surface area contributed by atoms with Gasteiger partial charge in [-0.3, -0.25) is 0 Å². The normalized spacial score (nSPS) is 15.0. The van der Waals surface area contributed by atoms with Crippen molar-refractivity contribution in [2.75, 3.05) is 0 Å². The molecule has 0 spiro atoms. The van der Waals surface area contributed by atoms with E-state index in [4.69, 9.17) is 0 Å². The molecule has 0 unspecified atom stereocenters. The van der Waals surface area contributed by atoms with Crippen molar-refractivity contribution in [3.05, 3.63) is 102 Å². The van der Waals surface area contributed by atoms with Gasteiger partial charge in [0, 0.05) is 0 Å². The van der Waals surface area contributed by atoms with Crippen molar-refractivity contribution in [2.45, 2.75) is 39.8 Å². The minimum atomic E-state index is -1.81. The summed E-state index contributed by atoms with van der Waals surface area (Å²) in [5.74, 6) is 0. The van der Waals surface area contributed by atoms with Crippen LogP contribution in [-0.2, 0) is 20.4 Å². The van der Waals surface area contributed by atoms with Gasteiger partial charge in [-0.2, -0.15) is 0 Å². The third kappa shape index (κ3) is 5.28. The van der Waals surface area contributed by atoms with Crippen LogP contribution in [0.3, 0.4) is 0 Å². The molecule has 0 saturated carbocycles. The van der Waals surface area contributed by atoms with Gasteiger partial charge in [-0.15, -0.1) is 0 Å². The van der Waals surface area contributed by atoms with Crippen molar-refractivity contribution >= 4 is 16.6 Å². The van der Waals surface area contributed by atoms with Crippen LogP contribution in [0.2, 0.25) is 13.1 Å². The van der Waals surface area contributed by atoms with E-state index in [2.05, 4.69) is 99.8 Å². The molecule has 2 aliphatic carbocycles. The fourth-order valence-corrected chi connectivity index (χ4v) is 23.0. The molecule has 0 fully saturated rings. The number of hydrogen-bond acceptors (Lipinski definition) is 0. The zero-order chi connectivity index (χ0) is 19.7. The Bertz CT molecular complexity index is 989. The van der Waals surface area contributed by atoms with Crippen molar-refractivity contribution in [1.29, 1.82) is 0 Å². The maximum atomic E-state index is 2.57. The number of allylic oxidation sites excluding steroid dienone is 8. The molecule has 0 aliphatic heterocycles. The van der Waals surface area contributed by atoms with Crippen LogP contribution in [-0.4, -0.2) is 5.43 Å². The summed E-state index contributed by atoms with van der Waals surface area (Å²) in [6.07, 6.45) is 7.34. The van der Waals surface area contributed by atoms with E-state index in [9.17, 15) is 0 Å². The second-order valence-electron chi connectivity index (χ2n) is 8.12. The summed E-state index contributed by atoms with van der Waals surface area (Å²) in [5, 5.41) is 0. The van der Waals surface area contributed by atoms with Gasteiger partial charge in [-0.05, 0) is 0 Å². The van der Waals surface area contributed by atoms with E-state index >= 15 is 0 Å². The van der Waals surface area contributed by atoms with Crippen molar-refractivity contribution in [3.8, 4) is 0 Å². The Morgan fingerprint density at radius 2 is 1.00 bits per heavy atom. The Balaban J connectivity index is 0.00000160. The molecule has 0 aromatic heterocycles. The molecular weight excluding hydrogens is 503 g/mol. The number of benzene rings is 2. The topological polar surface area (TPSA) is 0 Å². The predicted molar refractivity (Wildman–Crippen MR) is 121 cm³/mol. The van der Waals surface area contributed by atoms with Gasteiger partial charge in [0.2, 0.25) is 0 Å². The van der Waals surface area contributed by atoms with Crippen LogP contribution >= 0.6 is 0 Å². The summed E-state index contributed by atoms with van der Waals surface area (Å²) < 4.78 is 3.72. The van der Waals surface area contributed by atoms with Crippen LogP contribution in [0.4, 0.5) is 0 Å². The largest absolute Gasteiger partial charge is 1.00 e. The third-order valence-electron chi connectivity index (χ3n) is 5.86. The van der Waals surface area contributed by atoms with E-state index in [0.717, 1.165) is 0 Å². The Labute approximate surface area is 201 Å². The Kier molecular flexibility index (Phi) is 9.37. The fraction of sp³-hybridized carbons (Fsp3) is 0.231. The van der Waals surface area contributed by atoms with Gasteiger partial charge in [-0.25, -0.2) is 0 Å². The molecule has 4 rings (SSSR count). The first-order valence-electron chi connectivity index (χ1n) is 10.1. The van der Waals surface area contributed by atoms with Crippen molar-refractivity contribution in [1.82, 2.24) is 0 Å². The zero-order valence-electron chi connectivity index (χ0n) is 18.1. The molecule has 0 radical (unpaired) electrons. The van der Waals surface area contributed by atoms with E-state index in [-0.39, 0.29) is 30.2 Å². The predicted octanol–water partition coefficient (Wildman–Crippen LogP) is 1.39. The van der Waals surface area contributed by atoms with E-state index in [1.54, 1.807) is 11.1 Å². The maximum Gasteiger partial charge on any atom is -1.00 e. The Hall–Kier alpha value is -0.920. The second kappa shape index (κ2) is 11.1. The molecule has 0 atom stereocenters. The summed E-state index contributed by atoms with van der Waals surface area (Å²) in [4.78, 5) is 0. The monoisotopic (exact) mass is 528 g/mol. The smallest absolute Gasteiger partial charge is 1.00 e. The van der Waals surface area contributed by atoms with Crippen LogP contribution < -0.4 is 24.8 Å². The Morgan fingerprint density at radius 3 is 1.33 bits per heavy atom. The van der Waals surface area contributed by atoms with Crippen LogP contribution in [0.15, 0.2) is 90.5 Å². The van der Waals surface area contributed by atoms with Crippen molar-refractivity contribution in [3.63, 3.8) is 0 Å². The fourth-order valence-electron chi connectivity index (χ4n) is 4.49. The average Bonchev–Trinajstić information content (AvgIpc) is 3.27. The SMILES string of the molecule is CC1=[C]([Zr+2]([C]2=C(C)C=C(c3ccccc3)C2)=[Si](C)C)CC(c2ccccc2)=C1.[Cl-].[Cl-]. The van der Waals surface area contributed by atoms with Crippen LogP contribution in [0.1, 0.15) is 37.8 Å². The first-order chi connectivity index (χ1) is 13.5. The van der Waals surface area contributed by atoms with Gasteiger partial charge in [0.05, 0.1) is 0 Å². The average molecular weight is 531 g/mol. The molecule has 2 aromatic carbocycles. The van der Waals surface area contributed by atoms with E-state index in [0.29, 0.717) is 0 Å². The van der Waals surface area contributed by atoms with Crippen LogP contribution in [0.5, 0.6) is 0 Å². The molecule has 2 aliphatic rings. The number of rotatable bonds is 4.